The Kier molecular flexibility index (Phi) is 5.25. The lowest BCUT2D eigenvalue weighted by Gasteiger charge is -2.24. The van der Waals surface area contributed by atoms with E-state index in [0.717, 1.165) is 6.42 Å². The summed E-state index contributed by atoms with van der Waals surface area (Å²) in [4.78, 5) is 10.7. The summed E-state index contributed by atoms with van der Waals surface area (Å²) in [6.45, 7) is 3.78. The molecule has 0 aromatic heterocycles. The first-order valence-electron chi connectivity index (χ1n) is 4.00. The maximum atomic E-state index is 10.7. The molecule has 1 N–H and O–H groups in total. The molecule has 72 valence electrons. The van der Waals surface area contributed by atoms with E-state index in [1.54, 1.807) is 6.92 Å². The average molecular weight is 195 g/mol. The topological polar surface area (TPSA) is 46.5 Å². The Bertz CT molecular complexity index is 149. The molecule has 1 atom stereocenters. The minimum atomic E-state index is -1.07. The van der Waals surface area contributed by atoms with Gasteiger partial charge in [-0.15, -0.1) is 11.6 Å². The molecular weight excluding hydrogens is 180 g/mol. The first-order chi connectivity index (χ1) is 5.56. The van der Waals surface area contributed by atoms with E-state index >= 15 is 0 Å². The van der Waals surface area contributed by atoms with E-state index in [1.165, 1.54) is 0 Å². The summed E-state index contributed by atoms with van der Waals surface area (Å²) in [5.41, 5.74) is -1.07. The SMILES string of the molecule is CCCC(C)(OCCCl)C(=O)O. The highest BCUT2D eigenvalue weighted by Gasteiger charge is 2.32. The minimum absolute atomic E-state index is 0.282. The van der Waals surface area contributed by atoms with E-state index in [2.05, 4.69) is 0 Å². The predicted molar refractivity (Wildman–Crippen MR) is 47.6 cm³/mol. The molecule has 0 fully saturated rings. The van der Waals surface area contributed by atoms with Crippen LogP contribution in [0.1, 0.15) is 26.7 Å². The van der Waals surface area contributed by atoms with Gasteiger partial charge >= 0.3 is 5.97 Å². The molecule has 3 nitrogen and oxygen atoms in total. The first kappa shape index (κ1) is 11.7. The van der Waals surface area contributed by atoms with Gasteiger partial charge in [0.25, 0.3) is 0 Å². The quantitative estimate of drug-likeness (QED) is 0.657. The number of hydrogen-bond donors (Lipinski definition) is 1. The molecule has 4 heteroatoms. The second-order valence-electron chi connectivity index (χ2n) is 2.82. The van der Waals surface area contributed by atoms with Crippen LogP contribution < -0.4 is 0 Å². The molecule has 0 heterocycles. The molecule has 0 aromatic carbocycles. The lowest BCUT2D eigenvalue weighted by molar-refractivity contribution is -0.163. The number of halogens is 1. The van der Waals surface area contributed by atoms with Crippen molar-refractivity contribution in [3.05, 3.63) is 0 Å². The van der Waals surface area contributed by atoms with Gasteiger partial charge in [0, 0.05) is 5.88 Å². The van der Waals surface area contributed by atoms with Gasteiger partial charge in [-0.1, -0.05) is 13.3 Å². The van der Waals surface area contributed by atoms with Crippen LogP contribution in [0.3, 0.4) is 0 Å². The average Bonchev–Trinajstić information content (AvgIpc) is 2.01. The molecule has 0 aliphatic carbocycles. The van der Waals surface area contributed by atoms with Gasteiger partial charge in [0.05, 0.1) is 6.61 Å². The number of carboxylic acid groups (broad SMARTS) is 1. The highest BCUT2D eigenvalue weighted by atomic mass is 35.5. The molecule has 0 bridgehead atoms. The van der Waals surface area contributed by atoms with Gasteiger partial charge in [-0.3, -0.25) is 0 Å². The van der Waals surface area contributed by atoms with Gasteiger partial charge < -0.3 is 9.84 Å². The van der Waals surface area contributed by atoms with Crippen molar-refractivity contribution in [2.45, 2.75) is 32.3 Å². The molecule has 0 radical (unpaired) electrons. The van der Waals surface area contributed by atoms with Gasteiger partial charge in [-0.25, -0.2) is 4.79 Å². The first-order valence-corrected chi connectivity index (χ1v) is 4.53. The van der Waals surface area contributed by atoms with Gasteiger partial charge in [0.15, 0.2) is 5.60 Å². The van der Waals surface area contributed by atoms with E-state index < -0.39 is 11.6 Å². The van der Waals surface area contributed by atoms with Crippen LogP contribution in [-0.4, -0.2) is 29.2 Å². The Morgan fingerprint density at radius 2 is 2.25 bits per heavy atom. The summed E-state index contributed by atoms with van der Waals surface area (Å²) in [7, 11) is 0. The van der Waals surface area contributed by atoms with Crippen molar-refractivity contribution in [2.24, 2.45) is 0 Å². The Balaban J connectivity index is 4.08. The number of carboxylic acids is 1. The molecule has 1 unspecified atom stereocenters. The summed E-state index contributed by atoms with van der Waals surface area (Å²) < 4.78 is 5.15. The Hall–Kier alpha value is -0.280. The lowest BCUT2D eigenvalue weighted by Crippen LogP contribution is -2.38. The predicted octanol–water partition coefficient (Wildman–Crippen LogP) is 1.89. The second-order valence-corrected chi connectivity index (χ2v) is 3.20. The van der Waals surface area contributed by atoms with Crippen LogP contribution in [0.15, 0.2) is 0 Å². The Morgan fingerprint density at radius 1 is 1.67 bits per heavy atom. The zero-order chi connectivity index (χ0) is 9.61. The molecule has 0 aliphatic rings. The zero-order valence-corrected chi connectivity index (χ0v) is 8.23. The summed E-state index contributed by atoms with van der Waals surface area (Å²) in [6, 6.07) is 0. The third-order valence-electron chi connectivity index (χ3n) is 1.68. The third kappa shape index (κ3) is 3.41. The Labute approximate surface area is 77.7 Å². The number of rotatable bonds is 6. The van der Waals surface area contributed by atoms with Gasteiger partial charge in [0.1, 0.15) is 0 Å². The maximum absolute atomic E-state index is 10.7. The van der Waals surface area contributed by atoms with Crippen molar-refractivity contribution in [2.75, 3.05) is 12.5 Å². The fourth-order valence-electron chi connectivity index (χ4n) is 0.982. The van der Waals surface area contributed by atoms with Crippen LogP contribution in [0.5, 0.6) is 0 Å². The molecule has 0 amide bonds. The highest BCUT2D eigenvalue weighted by molar-refractivity contribution is 6.17. The van der Waals surface area contributed by atoms with Crippen LogP contribution >= 0.6 is 11.6 Å². The number of alkyl halides is 1. The summed E-state index contributed by atoms with van der Waals surface area (Å²) >= 11 is 5.39. The fraction of sp³-hybridized carbons (Fsp3) is 0.875. The van der Waals surface area contributed by atoms with Crippen molar-refractivity contribution in [3.63, 3.8) is 0 Å². The third-order valence-corrected chi connectivity index (χ3v) is 1.83. The largest absolute Gasteiger partial charge is 0.479 e. The molecule has 0 aliphatic heterocycles. The number of aliphatic carboxylic acids is 1. The number of carbonyl (C=O) groups is 1. The summed E-state index contributed by atoms with van der Waals surface area (Å²) in [5.74, 6) is -0.596. The molecule has 0 aromatic rings. The molecule has 0 saturated heterocycles. The van der Waals surface area contributed by atoms with E-state index in [4.69, 9.17) is 21.4 Å². The van der Waals surface area contributed by atoms with E-state index in [0.29, 0.717) is 12.3 Å². The molecule has 0 spiro atoms. The number of hydrogen-bond acceptors (Lipinski definition) is 2. The fourth-order valence-corrected chi connectivity index (χ4v) is 1.06. The van der Waals surface area contributed by atoms with Crippen LogP contribution in [0.25, 0.3) is 0 Å². The van der Waals surface area contributed by atoms with Crippen molar-refractivity contribution >= 4 is 17.6 Å². The zero-order valence-electron chi connectivity index (χ0n) is 7.47. The van der Waals surface area contributed by atoms with Gasteiger partial charge in [0.2, 0.25) is 0 Å². The smallest absolute Gasteiger partial charge is 0.335 e. The lowest BCUT2D eigenvalue weighted by atomic mass is 10.0. The van der Waals surface area contributed by atoms with Gasteiger partial charge in [-0.05, 0) is 13.3 Å². The van der Waals surface area contributed by atoms with Crippen LogP contribution in [0.4, 0.5) is 0 Å². The van der Waals surface area contributed by atoms with Crippen molar-refractivity contribution in [3.8, 4) is 0 Å². The summed E-state index contributed by atoms with van der Waals surface area (Å²) in [6.07, 6.45) is 1.30. The summed E-state index contributed by atoms with van der Waals surface area (Å²) in [5, 5.41) is 8.82. The van der Waals surface area contributed by atoms with E-state index in [9.17, 15) is 4.79 Å². The normalized spacial score (nSPS) is 15.6. The Morgan fingerprint density at radius 3 is 2.58 bits per heavy atom. The second kappa shape index (κ2) is 5.38. The molecular formula is C8H15ClO3. The minimum Gasteiger partial charge on any atom is -0.479 e. The molecule has 0 saturated carbocycles. The van der Waals surface area contributed by atoms with Crippen molar-refractivity contribution in [1.29, 1.82) is 0 Å². The van der Waals surface area contributed by atoms with E-state index in [1.807, 2.05) is 6.92 Å². The van der Waals surface area contributed by atoms with E-state index in [-0.39, 0.29) is 6.61 Å². The van der Waals surface area contributed by atoms with Gasteiger partial charge in [-0.2, -0.15) is 0 Å². The standard InChI is InChI=1S/C8H15ClO3/c1-3-4-8(2,7(10)11)12-6-5-9/h3-6H2,1-2H3,(H,10,11). The monoisotopic (exact) mass is 194 g/mol. The molecule has 0 rings (SSSR count). The van der Waals surface area contributed by atoms with Crippen LogP contribution in [0.2, 0.25) is 0 Å². The number of ether oxygens (including phenoxy) is 1. The molecule has 12 heavy (non-hydrogen) atoms. The van der Waals surface area contributed by atoms with Crippen LogP contribution in [0, 0.1) is 0 Å². The van der Waals surface area contributed by atoms with Crippen LogP contribution in [-0.2, 0) is 9.53 Å². The highest BCUT2D eigenvalue weighted by Crippen LogP contribution is 2.17. The van der Waals surface area contributed by atoms with Crippen molar-refractivity contribution in [1.82, 2.24) is 0 Å². The maximum Gasteiger partial charge on any atom is 0.335 e. The van der Waals surface area contributed by atoms with Crippen molar-refractivity contribution < 1.29 is 14.6 Å².